The minimum Gasteiger partial charge on any atom is -0.497 e. The van der Waals surface area contributed by atoms with Crippen LogP contribution in [0.2, 0.25) is 0 Å². The summed E-state index contributed by atoms with van der Waals surface area (Å²) in [6.45, 7) is 4.22. The maximum absolute atomic E-state index is 13.0. The van der Waals surface area contributed by atoms with Crippen molar-refractivity contribution in [3.8, 4) is 22.9 Å². The zero-order chi connectivity index (χ0) is 26.6. The van der Waals surface area contributed by atoms with Crippen molar-refractivity contribution < 1.29 is 13.9 Å². The van der Waals surface area contributed by atoms with Crippen molar-refractivity contribution >= 4 is 44.4 Å². The van der Waals surface area contributed by atoms with Crippen LogP contribution in [0.15, 0.2) is 65.1 Å². The topological polar surface area (TPSA) is 114 Å². The molecular weight excluding hydrogens is 476 g/mol. The smallest absolute Gasteiger partial charge is 0.251 e. The van der Waals surface area contributed by atoms with E-state index in [2.05, 4.69) is 22.4 Å². The molecule has 0 aliphatic heterocycles. The molecule has 3 aromatic heterocycles. The number of benzene rings is 4. The molecule has 0 spiro atoms. The summed E-state index contributed by atoms with van der Waals surface area (Å²) >= 11 is 0. The fraction of sp³-hybridized carbons (Fsp3) is 0.129. The number of nitrogens with zero attached hydrogens (tertiary/aromatic N) is 2. The summed E-state index contributed by atoms with van der Waals surface area (Å²) in [5.74, 6) is 0.944. The summed E-state index contributed by atoms with van der Waals surface area (Å²) in [4.78, 5) is 17.3. The number of furan rings is 2. The number of methoxy groups -OCH3 is 1. The van der Waals surface area contributed by atoms with Gasteiger partial charge in [-0.15, -0.1) is 0 Å². The number of aromatic nitrogens is 1. The van der Waals surface area contributed by atoms with Gasteiger partial charge in [0.1, 0.15) is 22.7 Å². The van der Waals surface area contributed by atoms with Crippen LogP contribution >= 0.6 is 0 Å². The van der Waals surface area contributed by atoms with Gasteiger partial charge in [0, 0.05) is 39.3 Å². The Kier molecular flexibility index (Phi) is 5.39. The number of amides is 1. The fourth-order valence-electron chi connectivity index (χ4n) is 5.20. The first-order valence-electron chi connectivity index (χ1n) is 12.2. The van der Waals surface area contributed by atoms with Gasteiger partial charge in [-0.3, -0.25) is 4.79 Å². The summed E-state index contributed by atoms with van der Waals surface area (Å²) in [7, 11) is 1.58. The number of hydrogen-bond acceptors (Lipinski definition) is 6. The van der Waals surface area contributed by atoms with Crippen LogP contribution in [0.4, 0.5) is 5.82 Å². The van der Waals surface area contributed by atoms with E-state index in [9.17, 15) is 10.1 Å². The molecule has 0 unspecified atom stereocenters. The lowest BCUT2D eigenvalue weighted by Gasteiger charge is -2.12. The summed E-state index contributed by atoms with van der Waals surface area (Å²) in [5, 5.41) is 16.5. The van der Waals surface area contributed by atoms with Crippen LogP contribution in [0, 0.1) is 25.2 Å². The molecule has 6 aromatic rings. The van der Waals surface area contributed by atoms with Crippen LogP contribution in [0.5, 0.6) is 5.75 Å². The predicted octanol–water partition coefficient (Wildman–Crippen LogP) is 6.25. The maximum atomic E-state index is 13.0. The Morgan fingerprint density at radius 3 is 2.45 bits per heavy atom. The molecule has 7 nitrogen and oxygen atoms in total. The summed E-state index contributed by atoms with van der Waals surface area (Å²) < 4.78 is 11.5. The molecule has 3 N–H and O–H groups in total. The molecule has 0 aliphatic carbocycles. The van der Waals surface area contributed by atoms with E-state index in [1.165, 1.54) is 0 Å². The lowest BCUT2D eigenvalue weighted by Crippen LogP contribution is -2.24. The zero-order valence-corrected chi connectivity index (χ0v) is 21.2. The number of nitrogens with two attached hydrogens (primary N) is 1. The molecule has 3 aromatic carbocycles. The van der Waals surface area contributed by atoms with Gasteiger partial charge in [-0.25, -0.2) is 4.98 Å². The first-order valence-corrected chi connectivity index (χ1v) is 12.2. The molecule has 3 heterocycles. The molecule has 2 bridgehead atoms. The van der Waals surface area contributed by atoms with Crippen LogP contribution in [0.3, 0.4) is 0 Å². The van der Waals surface area contributed by atoms with E-state index in [0.29, 0.717) is 29.2 Å². The number of fused-ring (bicyclic) bond motifs is 8. The number of carbonyl (C=O) groups excluding carboxylic acids is 1. The molecule has 7 heteroatoms. The minimum absolute atomic E-state index is 0.170. The monoisotopic (exact) mass is 500 g/mol. The molecule has 186 valence electrons. The first kappa shape index (κ1) is 23.3. The summed E-state index contributed by atoms with van der Waals surface area (Å²) in [5.41, 5.74) is 13.0. The van der Waals surface area contributed by atoms with E-state index < -0.39 is 0 Å². The molecular formula is C31H24N4O3. The Morgan fingerprint density at radius 2 is 1.74 bits per heavy atom. The van der Waals surface area contributed by atoms with E-state index in [4.69, 9.17) is 14.9 Å². The third-order valence-electron chi connectivity index (χ3n) is 7.14. The third kappa shape index (κ3) is 3.66. The highest BCUT2D eigenvalue weighted by Crippen LogP contribution is 2.42. The standard InChI is InChI=1S/C31H24N4O3/c1-16-10-28(33)35-17(2)27(16)15-34-31(36)19-5-8-24-26(13-19)30-23-7-4-18(12-25(23)29(24)38-30)22-9-6-21(37-3)11-20(22)14-32/h4-13H,15H2,1-3H3,(H2,33,35)(H,34,36). The Morgan fingerprint density at radius 1 is 1.00 bits per heavy atom. The Hall–Kier alpha value is -5.09. The number of hydrogen-bond donors (Lipinski definition) is 2. The Balaban J connectivity index is 1.34. The van der Waals surface area contributed by atoms with Crippen molar-refractivity contribution in [1.29, 1.82) is 5.26 Å². The van der Waals surface area contributed by atoms with E-state index in [-0.39, 0.29) is 5.91 Å². The molecule has 38 heavy (non-hydrogen) atoms. The van der Waals surface area contributed by atoms with Gasteiger partial charge < -0.3 is 20.2 Å². The van der Waals surface area contributed by atoms with E-state index in [0.717, 1.165) is 60.7 Å². The van der Waals surface area contributed by atoms with Gasteiger partial charge in [-0.05, 0) is 90.7 Å². The van der Waals surface area contributed by atoms with Gasteiger partial charge in [0.15, 0.2) is 0 Å². The number of carbonyl (C=O) groups is 1. The van der Waals surface area contributed by atoms with E-state index >= 15 is 0 Å². The van der Waals surface area contributed by atoms with Crippen LogP contribution in [-0.2, 0) is 6.54 Å². The third-order valence-corrected chi connectivity index (χ3v) is 7.14. The SMILES string of the molecule is COc1ccc(-c2ccc3c(c2)c2oc3c3cc(C(=O)NCc4c(C)cc(N)nc4C)ccc32)c(C#N)c1. The number of nitrogen functional groups attached to an aromatic ring is 1. The van der Waals surface area contributed by atoms with Crippen LogP contribution in [-0.4, -0.2) is 18.0 Å². The number of anilines is 1. The first-order chi connectivity index (χ1) is 18.4. The van der Waals surface area contributed by atoms with E-state index in [1.54, 1.807) is 13.2 Å². The van der Waals surface area contributed by atoms with Crippen molar-refractivity contribution in [2.75, 3.05) is 12.8 Å². The zero-order valence-electron chi connectivity index (χ0n) is 21.2. The highest BCUT2D eigenvalue weighted by Gasteiger charge is 2.20. The van der Waals surface area contributed by atoms with Crippen molar-refractivity contribution in [2.45, 2.75) is 20.4 Å². The number of nitriles is 1. The van der Waals surface area contributed by atoms with Gasteiger partial charge >= 0.3 is 0 Å². The average molecular weight is 501 g/mol. The van der Waals surface area contributed by atoms with Gasteiger partial charge in [-0.2, -0.15) is 5.26 Å². The Bertz CT molecular complexity index is 1910. The summed E-state index contributed by atoms with van der Waals surface area (Å²) in [6, 6.07) is 21.2. The quantitative estimate of drug-likeness (QED) is 0.271. The number of rotatable bonds is 5. The average Bonchev–Trinajstić information content (AvgIpc) is 3.48. The van der Waals surface area contributed by atoms with E-state index in [1.807, 2.05) is 62.4 Å². The molecule has 1 amide bonds. The molecule has 0 atom stereocenters. The van der Waals surface area contributed by atoms with Crippen molar-refractivity contribution in [3.05, 3.63) is 88.6 Å². The predicted molar refractivity (Wildman–Crippen MR) is 148 cm³/mol. The number of nitrogens with one attached hydrogen (secondary N) is 1. The molecule has 6 rings (SSSR count). The highest BCUT2D eigenvalue weighted by molar-refractivity contribution is 6.26. The normalized spacial score (nSPS) is 11.3. The van der Waals surface area contributed by atoms with Crippen molar-refractivity contribution in [2.24, 2.45) is 0 Å². The molecule has 0 radical (unpaired) electrons. The van der Waals surface area contributed by atoms with Crippen LogP contribution < -0.4 is 15.8 Å². The van der Waals surface area contributed by atoms with Gasteiger partial charge in [0.05, 0.1) is 18.7 Å². The van der Waals surface area contributed by atoms with Gasteiger partial charge in [-0.1, -0.05) is 6.07 Å². The van der Waals surface area contributed by atoms with Crippen LogP contribution in [0.1, 0.15) is 32.7 Å². The fourth-order valence-corrected chi connectivity index (χ4v) is 5.20. The summed E-state index contributed by atoms with van der Waals surface area (Å²) in [6.07, 6.45) is 0. The number of ether oxygens (including phenoxy) is 1. The molecule has 0 fully saturated rings. The highest BCUT2D eigenvalue weighted by atomic mass is 16.5. The van der Waals surface area contributed by atoms with Gasteiger partial charge in [0.2, 0.25) is 0 Å². The lowest BCUT2D eigenvalue weighted by atomic mass is 9.95. The molecule has 0 saturated carbocycles. The van der Waals surface area contributed by atoms with Crippen LogP contribution in [0.25, 0.3) is 43.8 Å². The lowest BCUT2D eigenvalue weighted by molar-refractivity contribution is 0.0951. The van der Waals surface area contributed by atoms with Crippen molar-refractivity contribution in [1.82, 2.24) is 10.3 Å². The van der Waals surface area contributed by atoms with Gasteiger partial charge in [0.25, 0.3) is 5.91 Å². The second kappa shape index (κ2) is 8.79. The molecule has 0 aliphatic rings. The number of pyridine rings is 1. The second-order valence-electron chi connectivity index (χ2n) is 9.42. The molecule has 0 saturated heterocycles. The Labute approximate surface area is 218 Å². The number of aryl methyl sites for hydroxylation is 2. The largest absolute Gasteiger partial charge is 0.497 e. The maximum Gasteiger partial charge on any atom is 0.251 e. The van der Waals surface area contributed by atoms with Crippen molar-refractivity contribution in [3.63, 3.8) is 0 Å². The minimum atomic E-state index is -0.170. The second-order valence-corrected chi connectivity index (χ2v) is 9.42.